The highest BCUT2D eigenvalue weighted by Gasteiger charge is 2.73. The number of para-hydroxylation sites is 1. The molecule has 2 rings (SSSR count). The Morgan fingerprint density at radius 1 is 0.971 bits per heavy atom. The van der Waals surface area contributed by atoms with Crippen molar-refractivity contribution in [2.45, 2.75) is 45.2 Å². The predicted octanol–water partition coefficient (Wildman–Crippen LogP) is 6.07. The van der Waals surface area contributed by atoms with Crippen LogP contribution in [0.15, 0.2) is 30.3 Å². The predicted molar refractivity (Wildman–Crippen MR) is 111 cm³/mol. The SMILES string of the molecule is CCc1cc(C(F)(C(F)(F)F)C(F)(F)F)cc(C)c1NC(=O)c1cccc(NC(C)=O)c1OC. The first-order valence-electron chi connectivity index (χ1n) is 9.80. The molecule has 2 aromatic rings. The first kappa shape index (κ1) is 26.9. The largest absolute Gasteiger partial charge is 0.494 e. The first-order valence-corrected chi connectivity index (χ1v) is 9.80. The summed E-state index contributed by atoms with van der Waals surface area (Å²) in [4.78, 5) is 24.3. The van der Waals surface area contributed by atoms with Gasteiger partial charge in [-0.2, -0.15) is 26.3 Å². The number of hydrogen-bond donors (Lipinski definition) is 2. The molecule has 0 fully saturated rings. The van der Waals surface area contributed by atoms with Crippen molar-refractivity contribution in [2.75, 3.05) is 17.7 Å². The van der Waals surface area contributed by atoms with Crippen LogP contribution in [0.2, 0.25) is 0 Å². The number of halogens is 7. The van der Waals surface area contributed by atoms with E-state index in [9.17, 15) is 40.3 Å². The van der Waals surface area contributed by atoms with E-state index < -0.39 is 35.4 Å². The molecule has 0 aliphatic carbocycles. The quantitative estimate of drug-likeness (QED) is 0.480. The molecule has 186 valence electrons. The Balaban J connectivity index is 2.58. The Hall–Kier alpha value is -3.31. The summed E-state index contributed by atoms with van der Waals surface area (Å²) in [7, 11) is 1.24. The van der Waals surface area contributed by atoms with Crippen LogP contribution in [0.25, 0.3) is 0 Å². The molecule has 0 atom stereocenters. The smallest absolute Gasteiger partial charge is 0.435 e. The van der Waals surface area contributed by atoms with Gasteiger partial charge in [-0.3, -0.25) is 9.59 Å². The number of benzene rings is 2. The molecule has 2 amide bonds. The second-order valence-electron chi connectivity index (χ2n) is 7.36. The van der Waals surface area contributed by atoms with Crippen molar-refractivity contribution < 1.29 is 45.1 Å². The lowest BCUT2D eigenvalue weighted by Crippen LogP contribution is -2.50. The number of anilines is 2. The molecule has 2 aromatic carbocycles. The Labute approximate surface area is 190 Å². The maximum atomic E-state index is 14.6. The Bertz CT molecular complexity index is 1080. The number of hydrogen-bond acceptors (Lipinski definition) is 3. The molecule has 0 heterocycles. The van der Waals surface area contributed by atoms with Crippen LogP contribution in [0, 0.1) is 6.92 Å². The molecule has 0 aliphatic rings. The standard InChI is InChI=1S/C22H21F7N2O3/c1-5-13-10-14(20(23,21(24,25)26)22(27,28)29)9-11(2)17(13)31-19(33)15-7-6-8-16(18(15)34-4)30-12(3)32/h6-10H,5H2,1-4H3,(H,30,32)(H,31,33). The topological polar surface area (TPSA) is 67.4 Å². The third-order valence-electron chi connectivity index (χ3n) is 4.99. The molecule has 2 N–H and O–H groups in total. The summed E-state index contributed by atoms with van der Waals surface area (Å²) < 4.78 is 98.9. The van der Waals surface area contributed by atoms with Gasteiger partial charge < -0.3 is 15.4 Å². The summed E-state index contributed by atoms with van der Waals surface area (Å²) in [6, 6.07) is 5.08. The van der Waals surface area contributed by atoms with E-state index in [1.807, 2.05) is 0 Å². The van der Waals surface area contributed by atoms with Crippen molar-refractivity contribution in [3.8, 4) is 5.75 Å². The van der Waals surface area contributed by atoms with Gasteiger partial charge in [0.2, 0.25) is 5.91 Å². The van der Waals surface area contributed by atoms with Crippen molar-refractivity contribution >= 4 is 23.2 Å². The highest BCUT2D eigenvalue weighted by Crippen LogP contribution is 2.54. The molecule has 5 nitrogen and oxygen atoms in total. The third kappa shape index (κ3) is 4.95. The second-order valence-corrected chi connectivity index (χ2v) is 7.36. The van der Waals surface area contributed by atoms with Gasteiger partial charge >= 0.3 is 18.0 Å². The fourth-order valence-electron chi connectivity index (χ4n) is 3.41. The van der Waals surface area contributed by atoms with Gasteiger partial charge in [-0.15, -0.1) is 0 Å². The number of methoxy groups -OCH3 is 1. The molecule has 0 spiro atoms. The third-order valence-corrected chi connectivity index (χ3v) is 4.99. The number of carbonyl (C=O) groups is 2. The van der Waals surface area contributed by atoms with Gasteiger partial charge in [-0.05, 0) is 42.7 Å². The summed E-state index contributed by atoms with van der Waals surface area (Å²) in [5, 5.41) is 4.91. The van der Waals surface area contributed by atoms with Gasteiger partial charge in [0.05, 0.1) is 18.4 Å². The number of alkyl halides is 7. The van der Waals surface area contributed by atoms with Crippen LogP contribution in [0.1, 0.15) is 40.9 Å². The lowest BCUT2D eigenvalue weighted by Gasteiger charge is -2.31. The van der Waals surface area contributed by atoms with Crippen molar-refractivity contribution in [1.82, 2.24) is 0 Å². The van der Waals surface area contributed by atoms with Gasteiger partial charge in [0.15, 0.2) is 5.75 Å². The number of aryl methyl sites for hydroxylation is 2. The van der Waals surface area contributed by atoms with Crippen LogP contribution >= 0.6 is 0 Å². The van der Waals surface area contributed by atoms with Gasteiger partial charge in [0, 0.05) is 18.2 Å². The second kappa shape index (κ2) is 9.51. The van der Waals surface area contributed by atoms with Crippen molar-refractivity contribution in [1.29, 1.82) is 0 Å². The maximum Gasteiger partial charge on any atom is 0.435 e. The van der Waals surface area contributed by atoms with E-state index in [2.05, 4.69) is 10.6 Å². The zero-order chi connectivity index (χ0) is 26.1. The molecule has 0 aliphatic heterocycles. The summed E-state index contributed by atoms with van der Waals surface area (Å²) in [5.41, 5.74) is -7.55. The minimum Gasteiger partial charge on any atom is -0.494 e. The number of carbonyl (C=O) groups excluding carboxylic acids is 2. The van der Waals surface area contributed by atoms with E-state index >= 15 is 0 Å². The van der Waals surface area contributed by atoms with Crippen LogP contribution in [-0.2, 0) is 16.9 Å². The minimum absolute atomic E-state index is 0.0144. The van der Waals surface area contributed by atoms with Crippen LogP contribution in [0.4, 0.5) is 42.1 Å². The molecule has 34 heavy (non-hydrogen) atoms. The normalized spacial score (nSPS) is 12.3. The van der Waals surface area contributed by atoms with E-state index in [0.29, 0.717) is 12.1 Å². The van der Waals surface area contributed by atoms with E-state index in [0.717, 1.165) is 6.92 Å². The van der Waals surface area contributed by atoms with Gasteiger partial charge in [0.1, 0.15) is 0 Å². The van der Waals surface area contributed by atoms with E-state index in [4.69, 9.17) is 4.74 Å². The fourth-order valence-corrected chi connectivity index (χ4v) is 3.41. The van der Waals surface area contributed by atoms with E-state index in [-0.39, 0.29) is 40.2 Å². The molecular formula is C22H21F7N2O3. The number of rotatable bonds is 6. The summed E-state index contributed by atoms with van der Waals surface area (Å²) in [6.45, 7) is 3.81. The average Bonchev–Trinajstić information content (AvgIpc) is 2.71. The van der Waals surface area contributed by atoms with E-state index in [1.165, 1.54) is 39.2 Å². The molecule has 0 aromatic heterocycles. The fraction of sp³-hybridized carbons (Fsp3) is 0.364. The summed E-state index contributed by atoms with van der Waals surface area (Å²) >= 11 is 0. The highest BCUT2D eigenvalue weighted by atomic mass is 19.4. The lowest BCUT2D eigenvalue weighted by molar-refractivity contribution is -0.348. The van der Waals surface area contributed by atoms with Crippen molar-refractivity contribution in [3.63, 3.8) is 0 Å². The number of ether oxygens (including phenoxy) is 1. The molecule has 0 unspecified atom stereocenters. The maximum absolute atomic E-state index is 14.6. The van der Waals surface area contributed by atoms with Crippen LogP contribution < -0.4 is 15.4 Å². The minimum atomic E-state index is -6.26. The van der Waals surface area contributed by atoms with Crippen LogP contribution in [0.3, 0.4) is 0 Å². The van der Waals surface area contributed by atoms with Gasteiger partial charge in [-0.1, -0.05) is 19.1 Å². The molecule has 12 heteroatoms. The molecule has 0 radical (unpaired) electrons. The molecule has 0 saturated heterocycles. The van der Waals surface area contributed by atoms with Crippen LogP contribution in [0.5, 0.6) is 5.75 Å². The average molecular weight is 494 g/mol. The molecule has 0 bridgehead atoms. The lowest BCUT2D eigenvalue weighted by atomic mass is 9.89. The zero-order valence-electron chi connectivity index (χ0n) is 18.5. The monoisotopic (exact) mass is 494 g/mol. The van der Waals surface area contributed by atoms with Crippen molar-refractivity contribution in [3.05, 3.63) is 52.6 Å². The Morgan fingerprint density at radius 2 is 1.56 bits per heavy atom. The van der Waals surface area contributed by atoms with Crippen molar-refractivity contribution in [2.24, 2.45) is 0 Å². The summed E-state index contributed by atoms with van der Waals surface area (Å²) in [5.74, 6) is -1.27. The van der Waals surface area contributed by atoms with E-state index in [1.54, 1.807) is 0 Å². The highest BCUT2D eigenvalue weighted by molar-refractivity contribution is 6.08. The number of amides is 2. The molecule has 0 saturated carbocycles. The number of nitrogens with one attached hydrogen (secondary N) is 2. The Kier molecular flexibility index (Phi) is 7.54. The first-order chi connectivity index (χ1) is 15.6. The van der Waals surface area contributed by atoms with Gasteiger partial charge in [0.25, 0.3) is 5.91 Å². The molecular weight excluding hydrogens is 473 g/mol. The summed E-state index contributed by atoms with van der Waals surface area (Å²) in [6.07, 6.45) is -12.6. The zero-order valence-corrected chi connectivity index (χ0v) is 18.5. The Morgan fingerprint density at radius 3 is 2.03 bits per heavy atom. The van der Waals surface area contributed by atoms with Gasteiger partial charge in [-0.25, -0.2) is 4.39 Å². The van der Waals surface area contributed by atoms with Crippen LogP contribution in [-0.4, -0.2) is 31.3 Å².